The minimum Gasteiger partial charge on any atom is -0.477 e. The average Bonchev–Trinajstić information content (AvgIpc) is 2.50. The van der Waals surface area contributed by atoms with Crippen molar-refractivity contribution in [2.45, 2.75) is 19.9 Å². The molecule has 0 bridgehead atoms. The molecule has 1 rings (SSSR count). The van der Waals surface area contributed by atoms with E-state index in [1.165, 1.54) is 11.3 Å². The number of hydrogen-bond acceptors (Lipinski definition) is 3. The van der Waals surface area contributed by atoms with Crippen LogP contribution in [0.1, 0.15) is 35.1 Å². The molecule has 0 spiro atoms. The van der Waals surface area contributed by atoms with Gasteiger partial charge in [-0.1, -0.05) is 13.8 Å². The van der Waals surface area contributed by atoms with E-state index in [-0.39, 0.29) is 6.04 Å². The molecular weight excluding hydrogens is 186 g/mol. The fourth-order valence-corrected chi connectivity index (χ4v) is 1.82. The molecule has 0 fully saturated rings. The van der Waals surface area contributed by atoms with Crippen molar-refractivity contribution in [1.82, 2.24) is 0 Å². The summed E-state index contributed by atoms with van der Waals surface area (Å²) in [6, 6.07) is 1.59. The molecule has 1 aromatic heterocycles. The minimum atomic E-state index is -0.882. The highest BCUT2D eigenvalue weighted by Crippen LogP contribution is 2.24. The zero-order chi connectivity index (χ0) is 10.0. The lowest BCUT2D eigenvalue weighted by Crippen LogP contribution is -2.15. The second-order valence-corrected chi connectivity index (χ2v) is 4.23. The molecule has 0 saturated carbocycles. The lowest BCUT2D eigenvalue weighted by Gasteiger charge is -2.13. The van der Waals surface area contributed by atoms with Gasteiger partial charge < -0.3 is 10.8 Å². The van der Waals surface area contributed by atoms with Crippen LogP contribution in [-0.2, 0) is 0 Å². The molecule has 1 aromatic rings. The van der Waals surface area contributed by atoms with E-state index < -0.39 is 5.97 Å². The van der Waals surface area contributed by atoms with Crippen LogP contribution in [0.5, 0.6) is 0 Å². The standard InChI is InChI=1S/C9H13NO2S/c1-5(2)8(10)6-3-7(9(11)12)13-4-6/h3-5,8H,10H2,1-2H3,(H,11,12). The summed E-state index contributed by atoms with van der Waals surface area (Å²) in [5, 5.41) is 10.5. The molecule has 13 heavy (non-hydrogen) atoms. The number of carboxylic acids is 1. The van der Waals surface area contributed by atoms with Crippen LogP contribution in [0.15, 0.2) is 11.4 Å². The lowest BCUT2D eigenvalue weighted by atomic mass is 9.99. The Morgan fingerprint density at radius 1 is 1.62 bits per heavy atom. The Morgan fingerprint density at radius 2 is 2.23 bits per heavy atom. The smallest absolute Gasteiger partial charge is 0.345 e. The molecule has 1 heterocycles. The maximum absolute atomic E-state index is 10.6. The zero-order valence-corrected chi connectivity index (χ0v) is 8.47. The highest BCUT2D eigenvalue weighted by atomic mass is 32.1. The van der Waals surface area contributed by atoms with Crippen molar-refractivity contribution in [3.05, 3.63) is 21.9 Å². The van der Waals surface area contributed by atoms with Crippen LogP contribution in [0.4, 0.5) is 0 Å². The van der Waals surface area contributed by atoms with Gasteiger partial charge in [0.25, 0.3) is 0 Å². The van der Waals surface area contributed by atoms with Crippen LogP contribution in [0, 0.1) is 5.92 Å². The first-order chi connectivity index (χ1) is 6.02. The molecule has 0 aliphatic carbocycles. The van der Waals surface area contributed by atoms with Gasteiger partial charge in [0.2, 0.25) is 0 Å². The molecule has 1 unspecified atom stereocenters. The van der Waals surface area contributed by atoms with Crippen LogP contribution in [-0.4, -0.2) is 11.1 Å². The van der Waals surface area contributed by atoms with Gasteiger partial charge in [-0.05, 0) is 22.9 Å². The monoisotopic (exact) mass is 199 g/mol. The molecule has 0 radical (unpaired) electrons. The fraction of sp³-hybridized carbons (Fsp3) is 0.444. The molecule has 0 aromatic carbocycles. The van der Waals surface area contributed by atoms with E-state index in [0.29, 0.717) is 10.8 Å². The molecule has 0 amide bonds. The van der Waals surface area contributed by atoms with Gasteiger partial charge in [-0.2, -0.15) is 0 Å². The van der Waals surface area contributed by atoms with Crippen molar-refractivity contribution in [2.24, 2.45) is 11.7 Å². The number of hydrogen-bond donors (Lipinski definition) is 2. The van der Waals surface area contributed by atoms with E-state index in [9.17, 15) is 4.79 Å². The molecule has 0 aliphatic rings. The van der Waals surface area contributed by atoms with Gasteiger partial charge in [-0.3, -0.25) is 0 Å². The molecule has 3 N–H and O–H groups in total. The summed E-state index contributed by atoms with van der Waals surface area (Å²) in [4.78, 5) is 10.9. The Kier molecular flexibility index (Phi) is 3.06. The van der Waals surface area contributed by atoms with Crippen LogP contribution in [0.3, 0.4) is 0 Å². The third-order valence-electron chi connectivity index (χ3n) is 1.93. The number of nitrogens with two attached hydrogens (primary N) is 1. The van der Waals surface area contributed by atoms with Gasteiger partial charge in [0.05, 0.1) is 0 Å². The molecule has 0 saturated heterocycles. The molecule has 0 aliphatic heterocycles. The lowest BCUT2D eigenvalue weighted by molar-refractivity contribution is 0.0702. The minimum absolute atomic E-state index is 0.0654. The summed E-state index contributed by atoms with van der Waals surface area (Å²) in [6.07, 6.45) is 0. The Hall–Kier alpha value is -0.870. The summed E-state index contributed by atoms with van der Waals surface area (Å²) >= 11 is 1.22. The predicted octanol–water partition coefficient (Wildman–Crippen LogP) is 2.10. The highest BCUT2D eigenvalue weighted by molar-refractivity contribution is 7.12. The second-order valence-electron chi connectivity index (χ2n) is 3.32. The van der Waals surface area contributed by atoms with Gasteiger partial charge in [0.1, 0.15) is 4.88 Å². The van der Waals surface area contributed by atoms with E-state index in [2.05, 4.69) is 0 Å². The van der Waals surface area contributed by atoms with Crippen LogP contribution >= 0.6 is 11.3 Å². The Bertz CT molecular complexity index is 306. The maximum Gasteiger partial charge on any atom is 0.345 e. The maximum atomic E-state index is 10.6. The summed E-state index contributed by atoms with van der Waals surface area (Å²) in [5.74, 6) is -0.552. The van der Waals surface area contributed by atoms with E-state index in [4.69, 9.17) is 10.8 Å². The van der Waals surface area contributed by atoms with E-state index in [0.717, 1.165) is 5.56 Å². The van der Waals surface area contributed by atoms with Gasteiger partial charge in [0, 0.05) is 6.04 Å². The van der Waals surface area contributed by atoms with Crippen molar-refractivity contribution in [2.75, 3.05) is 0 Å². The van der Waals surface area contributed by atoms with Crippen molar-refractivity contribution in [1.29, 1.82) is 0 Å². The summed E-state index contributed by atoms with van der Waals surface area (Å²) in [6.45, 7) is 4.03. The fourth-order valence-electron chi connectivity index (χ4n) is 1.02. The first-order valence-corrected chi connectivity index (χ1v) is 4.97. The summed E-state index contributed by atoms with van der Waals surface area (Å²) in [5.41, 5.74) is 6.78. The first-order valence-electron chi connectivity index (χ1n) is 4.09. The van der Waals surface area contributed by atoms with Crippen LogP contribution in [0.25, 0.3) is 0 Å². The Balaban J connectivity index is 2.85. The normalized spacial score (nSPS) is 13.2. The van der Waals surface area contributed by atoms with Gasteiger partial charge >= 0.3 is 5.97 Å². The number of rotatable bonds is 3. The van der Waals surface area contributed by atoms with Crippen molar-refractivity contribution >= 4 is 17.3 Å². The molecule has 1 atom stereocenters. The van der Waals surface area contributed by atoms with Crippen molar-refractivity contribution in [3.8, 4) is 0 Å². The Labute approximate surface area is 81.2 Å². The number of carbonyl (C=O) groups is 1. The average molecular weight is 199 g/mol. The first kappa shape index (κ1) is 10.2. The number of carboxylic acid groups (broad SMARTS) is 1. The summed E-state index contributed by atoms with van der Waals surface area (Å²) in [7, 11) is 0. The summed E-state index contributed by atoms with van der Waals surface area (Å²) < 4.78 is 0. The van der Waals surface area contributed by atoms with Crippen LogP contribution in [0.2, 0.25) is 0 Å². The van der Waals surface area contributed by atoms with Gasteiger partial charge in [-0.25, -0.2) is 4.79 Å². The third kappa shape index (κ3) is 2.29. The third-order valence-corrected chi connectivity index (χ3v) is 2.87. The molecule has 4 heteroatoms. The van der Waals surface area contributed by atoms with Crippen LogP contribution < -0.4 is 5.73 Å². The molecular formula is C9H13NO2S. The highest BCUT2D eigenvalue weighted by Gasteiger charge is 2.14. The van der Waals surface area contributed by atoms with E-state index in [1.54, 1.807) is 6.07 Å². The number of aromatic carboxylic acids is 1. The second kappa shape index (κ2) is 3.89. The van der Waals surface area contributed by atoms with Crippen molar-refractivity contribution in [3.63, 3.8) is 0 Å². The van der Waals surface area contributed by atoms with Crippen molar-refractivity contribution < 1.29 is 9.90 Å². The SMILES string of the molecule is CC(C)C(N)c1csc(C(=O)O)c1. The largest absolute Gasteiger partial charge is 0.477 e. The predicted molar refractivity (Wildman–Crippen MR) is 53.0 cm³/mol. The van der Waals surface area contributed by atoms with Gasteiger partial charge in [-0.15, -0.1) is 11.3 Å². The van der Waals surface area contributed by atoms with Gasteiger partial charge in [0.15, 0.2) is 0 Å². The topological polar surface area (TPSA) is 63.3 Å². The zero-order valence-electron chi connectivity index (χ0n) is 7.65. The number of thiophene rings is 1. The van der Waals surface area contributed by atoms with E-state index in [1.807, 2.05) is 19.2 Å². The quantitative estimate of drug-likeness (QED) is 0.783. The Morgan fingerprint density at radius 3 is 2.62 bits per heavy atom. The molecule has 72 valence electrons. The van der Waals surface area contributed by atoms with E-state index >= 15 is 0 Å². The molecule has 3 nitrogen and oxygen atoms in total.